The molecule has 0 unspecified atom stereocenters. The molecule has 31 heavy (non-hydrogen) atoms. The first-order valence-electron chi connectivity index (χ1n) is 10.6. The second kappa shape index (κ2) is 7.87. The predicted molar refractivity (Wildman–Crippen MR) is 102 cm³/mol. The highest BCUT2D eigenvalue weighted by atomic mass is 16.7. The van der Waals surface area contributed by atoms with E-state index < -0.39 is 72.7 Å². The number of carbonyl (C=O) groups is 2. The Balaban J connectivity index is 1.56. The van der Waals surface area contributed by atoms with Gasteiger partial charge in [0.1, 0.15) is 24.4 Å². The summed E-state index contributed by atoms with van der Waals surface area (Å²) in [6, 6.07) is 0. The number of rotatable bonds is 5. The van der Waals surface area contributed by atoms with Gasteiger partial charge >= 0.3 is 5.97 Å². The van der Waals surface area contributed by atoms with Gasteiger partial charge in [-0.3, -0.25) is 9.59 Å². The minimum Gasteiger partial charge on any atom is -0.454 e. The van der Waals surface area contributed by atoms with Gasteiger partial charge in [0, 0.05) is 11.8 Å². The molecule has 5 N–H and O–H groups in total. The molecule has 10 heteroatoms. The van der Waals surface area contributed by atoms with Crippen LogP contribution >= 0.6 is 0 Å². The van der Waals surface area contributed by atoms with Gasteiger partial charge in [-0.1, -0.05) is 19.9 Å². The molecular formula is C21H30O10. The Bertz CT molecular complexity index is 778. The van der Waals surface area contributed by atoms with Gasteiger partial charge in [-0.05, 0) is 18.4 Å². The number of ketones is 1. The van der Waals surface area contributed by atoms with Crippen molar-refractivity contribution in [1.29, 1.82) is 0 Å². The van der Waals surface area contributed by atoms with Crippen LogP contribution in [0.25, 0.3) is 0 Å². The SMILES string of the molecule is CC(C)[C@H]1[C@@H]2C(=O)O[C@H]1C(=O)[C@@]1(C)C(CO[C@@H]3O[C@H](CO)[C@@H](O)[C@H](O)[C@H]3O)=C[C@@H](O)[C@@H]21. The van der Waals surface area contributed by atoms with Crippen LogP contribution < -0.4 is 0 Å². The van der Waals surface area contributed by atoms with Crippen LogP contribution in [-0.2, 0) is 23.8 Å². The van der Waals surface area contributed by atoms with Gasteiger partial charge in [0.25, 0.3) is 0 Å². The zero-order valence-electron chi connectivity index (χ0n) is 17.6. The fourth-order valence-corrected chi connectivity index (χ4v) is 5.81. The second-order valence-electron chi connectivity index (χ2n) is 9.49. The molecule has 11 atom stereocenters. The molecule has 2 saturated heterocycles. The number of fused-ring (bicyclic) bond motifs is 4. The summed E-state index contributed by atoms with van der Waals surface area (Å²) < 4.78 is 16.4. The van der Waals surface area contributed by atoms with E-state index in [9.17, 15) is 35.1 Å². The van der Waals surface area contributed by atoms with E-state index in [4.69, 9.17) is 14.2 Å². The van der Waals surface area contributed by atoms with Crippen LogP contribution in [0, 0.1) is 29.1 Å². The quantitative estimate of drug-likeness (QED) is 0.241. The van der Waals surface area contributed by atoms with Crippen LogP contribution in [-0.4, -0.2) is 93.4 Å². The summed E-state index contributed by atoms with van der Waals surface area (Å²) in [5.41, 5.74) is -0.761. The third-order valence-electron chi connectivity index (χ3n) is 7.53. The fourth-order valence-electron chi connectivity index (χ4n) is 5.81. The number of hydrogen-bond acceptors (Lipinski definition) is 10. The molecule has 10 nitrogen and oxygen atoms in total. The zero-order chi connectivity index (χ0) is 22.8. The Hall–Kier alpha value is -1.40. The lowest BCUT2D eigenvalue weighted by Crippen LogP contribution is -2.59. The first-order chi connectivity index (χ1) is 14.5. The Kier molecular flexibility index (Phi) is 5.79. The summed E-state index contributed by atoms with van der Waals surface area (Å²) in [5.74, 6) is -2.38. The molecule has 2 bridgehead atoms. The molecule has 0 aromatic heterocycles. The minimum absolute atomic E-state index is 0.0107. The van der Waals surface area contributed by atoms with Crippen molar-refractivity contribution in [3.63, 3.8) is 0 Å². The monoisotopic (exact) mass is 442 g/mol. The summed E-state index contributed by atoms with van der Waals surface area (Å²) in [6.45, 7) is 4.68. The maximum Gasteiger partial charge on any atom is 0.310 e. The van der Waals surface area contributed by atoms with Crippen molar-refractivity contribution < 1.29 is 49.3 Å². The van der Waals surface area contributed by atoms with Crippen molar-refractivity contribution in [2.24, 2.45) is 29.1 Å². The number of ether oxygens (including phenoxy) is 3. The molecule has 0 aromatic rings. The normalized spacial score (nSPS) is 49.3. The minimum atomic E-state index is -1.59. The third kappa shape index (κ3) is 3.19. The molecule has 3 fully saturated rings. The van der Waals surface area contributed by atoms with E-state index in [1.54, 1.807) is 6.92 Å². The van der Waals surface area contributed by atoms with Gasteiger partial charge in [-0.25, -0.2) is 0 Å². The summed E-state index contributed by atoms with van der Waals surface area (Å²) >= 11 is 0. The van der Waals surface area contributed by atoms with Crippen LogP contribution in [0.2, 0.25) is 0 Å². The lowest BCUT2D eigenvalue weighted by atomic mass is 9.55. The standard InChI is InChI=1S/C21H30O10/c1-7(2)11-12-13-9(23)4-8(21(13,3)18(27)17(11)31-19(12)28)6-29-20-16(26)15(25)14(24)10(5-22)30-20/h4,7,9-17,20,22-26H,5-6H2,1-3H3/t9-,10-,11+,12+,13+,14-,15+,16-,17-,20-,21+/m1/s1. The number of esters is 1. The third-order valence-corrected chi connectivity index (χ3v) is 7.53. The maximum absolute atomic E-state index is 13.4. The molecule has 0 radical (unpaired) electrons. The highest BCUT2D eigenvalue weighted by Crippen LogP contribution is 2.59. The second-order valence-corrected chi connectivity index (χ2v) is 9.49. The fraction of sp³-hybridized carbons (Fsp3) is 0.810. The summed E-state index contributed by atoms with van der Waals surface area (Å²) in [4.78, 5) is 26.0. The van der Waals surface area contributed by atoms with E-state index in [1.165, 1.54) is 6.08 Å². The van der Waals surface area contributed by atoms with Crippen LogP contribution in [0.1, 0.15) is 20.8 Å². The highest BCUT2D eigenvalue weighted by Gasteiger charge is 2.69. The molecule has 4 aliphatic rings. The largest absolute Gasteiger partial charge is 0.454 e. The van der Waals surface area contributed by atoms with Crippen LogP contribution in [0.3, 0.4) is 0 Å². The van der Waals surface area contributed by atoms with Crippen molar-refractivity contribution in [3.8, 4) is 0 Å². The van der Waals surface area contributed by atoms with Gasteiger partial charge in [0.2, 0.25) is 0 Å². The van der Waals surface area contributed by atoms with Crippen LogP contribution in [0.15, 0.2) is 11.6 Å². The molecule has 1 saturated carbocycles. The van der Waals surface area contributed by atoms with Gasteiger partial charge < -0.3 is 39.7 Å². The number of aliphatic hydroxyl groups excluding tert-OH is 5. The van der Waals surface area contributed by atoms with Crippen molar-refractivity contribution in [1.82, 2.24) is 0 Å². The van der Waals surface area contributed by atoms with Crippen molar-refractivity contribution in [2.45, 2.75) is 63.7 Å². The van der Waals surface area contributed by atoms with E-state index in [2.05, 4.69) is 0 Å². The average Bonchev–Trinajstić information content (AvgIpc) is 3.16. The topological polar surface area (TPSA) is 163 Å². The van der Waals surface area contributed by atoms with E-state index in [1.807, 2.05) is 13.8 Å². The number of carbonyl (C=O) groups excluding carboxylic acids is 2. The van der Waals surface area contributed by atoms with Crippen LogP contribution in [0.4, 0.5) is 0 Å². The molecule has 0 aromatic carbocycles. The first kappa shape index (κ1) is 22.8. The first-order valence-corrected chi connectivity index (χ1v) is 10.6. The predicted octanol–water partition coefficient (Wildman–Crippen LogP) is -1.88. The Morgan fingerprint density at radius 1 is 1.13 bits per heavy atom. The zero-order valence-corrected chi connectivity index (χ0v) is 17.6. The van der Waals surface area contributed by atoms with E-state index in [-0.39, 0.29) is 24.2 Å². The number of hydrogen-bond donors (Lipinski definition) is 5. The summed E-state index contributed by atoms with van der Waals surface area (Å²) in [5, 5.41) is 50.1. The van der Waals surface area contributed by atoms with Gasteiger partial charge in [-0.2, -0.15) is 0 Å². The molecule has 2 aliphatic carbocycles. The van der Waals surface area contributed by atoms with Crippen LogP contribution in [0.5, 0.6) is 0 Å². The molecule has 174 valence electrons. The number of Topliss-reactive ketones (excluding diaryl/α,β-unsaturated/α-hetero) is 1. The van der Waals surface area contributed by atoms with Gasteiger partial charge in [0.15, 0.2) is 18.2 Å². The molecule has 4 rings (SSSR count). The molecule has 0 spiro atoms. The van der Waals surface area contributed by atoms with Crippen molar-refractivity contribution >= 4 is 11.8 Å². The van der Waals surface area contributed by atoms with E-state index >= 15 is 0 Å². The Labute approximate surface area is 179 Å². The van der Waals surface area contributed by atoms with E-state index in [0.29, 0.717) is 5.57 Å². The molecule has 2 heterocycles. The van der Waals surface area contributed by atoms with Crippen molar-refractivity contribution in [3.05, 3.63) is 11.6 Å². The van der Waals surface area contributed by atoms with Gasteiger partial charge in [-0.15, -0.1) is 0 Å². The molecule has 2 aliphatic heterocycles. The smallest absolute Gasteiger partial charge is 0.310 e. The Morgan fingerprint density at radius 3 is 2.42 bits per heavy atom. The highest BCUT2D eigenvalue weighted by molar-refractivity contribution is 5.99. The summed E-state index contributed by atoms with van der Waals surface area (Å²) in [7, 11) is 0. The lowest BCUT2D eigenvalue weighted by Gasteiger charge is -2.45. The average molecular weight is 442 g/mol. The van der Waals surface area contributed by atoms with E-state index in [0.717, 1.165) is 0 Å². The molecule has 0 amide bonds. The molecular weight excluding hydrogens is 412 g/mol. The summed E-state index contributed by atoms with van der Waals surface area (Å²) in [6.07, 6.45) is -7.62. The lowest BCUT2D eigenvalue weighted by molar-refractivity contribution is -0.299. The van der Waals surface area contributed by atoms with Crippen molar-refractivity contribution in [2.75, 3.05) is 13.2 Å². The number of aliphatic hydroxyl groups is 5. The van der Waals surface area contributed by atoms with Gasteiger partial charge in [0.05, 0.1) is 30.7 Å². The maximum atomic E-state index is 13.4. The Morgan fingerprint density at radius 2 is 1.81 bits per heavy atom.